The van der Waals surface area contributed by atoms with Crippen molar-refractivity contribution in [3.05, 3.63) is 88.8 Å². The maximum Gasteiger partial charge on any atom is 0.197 e. The van der Waals surface area contributed by atoms with Gasteiger partial charge in [-0.1, -0.05) is 24.3 Å². The number of rotatable bonds is 3. The van der Waals surface area contributed by atoms with Crippen LogP contribution >= 0.6 is 0 Å². The Balaban J connectivity index is 1.71. The van der Waals surface area contributed by atoms with Crippen molar-refractivity contribution in [2.45, 2.75) is 6.92 Å². The number of nitrogens with zero attached hydrogens (tertiary/aromatic N) is 1. The first-order valence-corrected chi connectivity index (χ1v) is 8.32. The molecule has 0 amide bonds. The van der Waals surface area contributed by atoms with Gasteiger partial charge in [-0.3, -0.25) is 9.59 Å². The lowest BCUT2D eigenvalue weighted by Crippen LogP contribution is -2.00. The van der Waals surface area contributed by atoms with Crippen molar-refractivity contribution in [3.63, 3.8) is 0 Å². The molecule has 1 aliphatic carbocycles. The molecule has 4 nitrogen and oxygen atoms in total. The van der Waals surface area contributed by atoms with E-state index in [4.69, 9.17) is 4.74 Å². The molecule has 0 bridgehead atoms. The predicted molar refractivity (Wildman–Crippen MR) is 100 cm³/mol. The van der Waals surface area contributed by atoms with Crippen LogP contribution in [0.2, 0.25) is 0 Å². The molecule has 4 rings (SSSR count). The van der Waals surface area contributed by atoms with Crippen LogP contribution in [-0.2, 0) is 0 Å². The third kappa shape index (κ3) is 2.56. The molecule has 1 heterocycles. The Morgan fingerprint density at radius 1 is 0.923 bits per heavy atom. The lowest BCUT2D eigenvalue weighted by atomic mass is 10.1. The normalized spacial score (nSPS) is 13.1. The molecule has 0 fully saturated rings. The molecule has 4 heteroatoms. The van der Waals surface area contributed by atoms with Crippen molar-refractivity contribution in [1.29, 1.82) is 0 Å². The summed E-state index contributed by atoms with van der Waals surface area (Å²) in [5, 5.41) is 0. The number of hydrogen-bond donors (Lipinski definition) is 0. The average molecular weight is 343 g/mol. The van der Waals surface area contributed by atoms with Crippen molar-refractivity contribution in [3.8, 4) is 11.4 Å². The number of ether oxygens (including phenoxy) is 1. The van der Waals surface area contributed by atoms with E-state index < -0.39 is 0 Å². The minimum Gasteiger partial charge on any atom is -0.497 e. The van der Waals surface area contributed by atoms with Gasteiger partial charge in [0.1, 0.15) is 5.75 Å². The van der Waals surface area contributed by atoms with Crippen molar-refractivity contribution < 1.29 is 14.3 Å². The van der Waals surface area contributed by atoms with Gasteiger partial charge in [0.2, 0.25) is 0 Å². The smallest absolute Gasteiger partial charge is 0.197 e. The summed E-state index contributed by atoms with van der Waals surface area (Å²) in [5.74, 6) is 0.377. The number of methoxy groups -OCH3 is 1. The number of benzene rings is 2. The Hall–Kier alpha value is -3.40. The molecule has 0 spiro atoms. The molecule has 2 aromatic carbocycles. The molecular formula is C22H17NO3. The van der Waals surface area contributed by atoms with Gasteiger partial charge in [0.25, 0.3) is 0 Å². The largest absolute Gasteiger partial charge is 0.497 e. The van der Waals surface area contributed by atoms with E-state index in [0.29, 0.717) is 11.1 Å². The fourth-order valence-corrected chi connectivity index (χ4v) is 3.27. The van der Waals surface area contributed by atoms with Gasteiger partial charge in [0.05, 0.1) is 12.7 Å². The number of Topliss-reactive ketones (excluding diaryl/α,β-unsaturated/α-hetero) is 2. The van der Waals surface area contributed by atoms with Crippen LogP contribution in [0, 0.1) is 6.92 Å². The van der Waals surface area contributed by atoms with Crippen LogP contribution in [0.15, 0.2) is 66.4 Å². The quantitative estimate of drug-likeness (QED) is 0.527. The van der Waals surface area contributed by atoms with Crippen LogP contribution in [0.4, 0.5) is 0 Å². The molecule has 3 aromatic rings. The third-order valence-electron chi connectivity index (χ3n) is 4.60. The molecule has 0 saturated heterocycles. The summed E-state index contributed by atoms with van der Waals surface area (Å²) in [6, 6.07) is 16.6. The SMILES string of the molecule is COc1ccc(-n2cc(C=C3C(=O)c4ccccc4C3=O)cc2C)cc1. The van der Waals surface area contributed by atoms with Crippen LogP contribution < -0.4 is 4.74 Å². The molecule has 0 atom stereocenters. The van der Waals surface area contributed by atoms with E-state index in [0.717, 1.165) is 22.7 Å². The molecule has 0 radical (unpaired) electrons. The van der Waals surface area contributed by atoms with Gasteiger partial charge in [-0.25, -0.2) is 0 Å². The topological polar surface area (TPSA) is 48.3 Å². The second kappa shape index (κ2) is 6.15. The van der Waals surface area contributed by atoms with Crippen molar-refractivity contribution in [2.24, 2.45) is 0 Å². The van der Waals surface area contributed by atoms with Gasteiger partial charge in [-0.15, -0.1) is 0 Å². The van der Waals surface area contributed by atoms with Crippen LogP contribution in [0.5, 0.6) is 5.75 Å². The van der Waals surface area contributed by atoms with Gasteiger partial charge in [-0.05, 0) is 48.9 Å². The Morgan fingerprint density at radius 3 is 2.12 bits per heavy atom. The average Bonchev–Trinajstić information content (AvgIpc) is 3.15. The van der Waals surface area contributed by atoms with E-state index in [1.54, 1.807) is 37.5 Å². The molecule has 0 aliphatic heterocycles. The Morgan fingerprint density at radius 2 is 1.54 bits per heavy atom. The molecule has 0 saturated carbocycles. The monoisotopic (exact) mass is 343 g/mol. The number of carbonyl (C=O) groups excluding carboxylic acids is 2. The summed E-state index contributed by atoms with van der Waals surface area (Å²) < 4.78 is 7.21. The van der Waals surface area contributed by atoms with Crippen LogP contribution in [0.25, 0.3) is 11.8 Å². The molecule has 128 valence electrons. The predicted octanol–water partition coefficient (Wildman–Crippen LogP) is 4.26. The fourth-order valence-electron chi connectivity index (χ4n) is 3.27. The molecule has 1 aromatic heterocycles. The highest BCUT2D eigenvalue weighted by Gasteiger charge is 2.32. The zero-order valence-electron chi connectivity index (χ0n) is 14.5. The van der Waals surface area contributed by atoms with E-state index in [-0.39, 0.29) is 17.1 Å². The molecule has 1 aliphatic rings. The van der Waals surface area contributed by atoms with Gasteiger partial charge >= 0.3 is 0 Å². The van der Waals surface area contributed by atoms with E-state index in [1.165, 1.54) is 0 Å². The summed E-state index contributed by atoms with van der Waals surface area (Å²) in [7, 11) is 1.63. The molecule has 0 unspecified atom stereocenters. The highest BCUT2D eigenvalue weighted by atomic mass is 16.5. The van der Waals surface area contributed by atoms with Gasteiger partial charge in [0.15, 0.2) is 11.6 Å². The van der Waals surface area contributed by atoms with Gasteiger partial charge < -0.3 is 9.30 Å². The Kier molecular flexibility index (Phi) is 3.81. The maximum atomic E-state index is 12.5. The Labute approximate surface area is 151 Å². The van der Waals surface area contributed by atoms with Crippen molar-refractivity contribution in [2.75, 3.05) is 7.11 Å². The first kappa shape index (κ1) is 16.1. The van der Waals surface area contributed by atoms with Crippen LogP contribution in [-0.4, -0.2) is 23.2 Å². The van der Waals surface area contributed by atoms with Crippen molar-refractivity contribution in [1.82, 2.24) is 4.57 Å². The summed E-state index contributed by atoms with van der Waals surface area (Å²) in [6.07, 6.45) is 3.60. The van der Waals surface area contributed by atoms with E-state index in [9.17, 15) is 9.59 Å². The van der Waals surface area contributed by atoms with E-state index in [2.05, 4.69) is 0 Å². The number of hydrogen-bond acceptors (Lipinski definition) is 3. The number of carbonyl (C=O) groups is 2. The third-order valence-corrected chi connectivity index (χ3v) is 4.60. The summed E-state index contributed by atoms with van der Waals surface area (Å²) in [4.78, 5) is 25.1. The first-order chi connectivity index (χ1) is 12.6. The maximum absolute atomic E-state index is 12.5. The minimum absolute atomic E-state index is 0.208. The number of fused-ring (bicyclic) bond motifs is 1. The zero-order chi connectivity index (χ0) is 18.3. The van der Waals surface area contributed by atoms with Crippen molar-refractivity contribution >= 4 is 17.6 Å². The fraction of sp³-hybridized carbons (Fsp3) is 0.0909. The number of aromatic nitrogens is 1. The zero-order valence-corrected chi connectivity index (χ0v) is 14.5. The number of aryl methyl sites for hydroxylation is 1. The highest BCUT2D eigenvalue weighted by molar-refractivity contribution is 6.41. The van der Waals surface area contributed by atoms with E-state index >= 15 is 0 Å². The van der Waals surface area contributed by atoms with Crippen LogP contribution in [0.1, 0.15) is 32.0 Å². The standard InChI is InChI=1S/C22H17NO3/c1-14-11-15(13-23(14)16-7-9-17(26-2)10-8-16)12-20-21(24)18-5-3-4-6-19(18)22(20)25/h3-13H,1-2H3. The summed E-state index contributed by atoms with van der Waals surface area (Å²) >= 11 is 0. The lowest BCUT2D eigenvalue weighted by Gasteiger charge is -2.06. The highest BCUT2D eigenvalue weighted by Crippen LogP contribution is 2.28. The van der Waals surface area contributed by atoms with E-state index in [1.807, 2.05) is 48.0 Å². The molecule has 26 heavy (non-hydrogen) atoms. The summed E-state index contributed by atoms with van der Waals surface area (Å²) in [5.41, 5.74) is 4.00. The van der Waals surface area contributed by atoms with Gasteiger partial charge in [0, 0.05) is 28.7 Å². The second-order valence-corrected chi connectivity index (χ2v) is 6.24. The summed E-state index contributed by atoms with van der Waals surface area (Å²) in [6.45, 7) is 1.99. The number of ketones is 2. The van der Waals surface area contributed by atoms with Crippen LogP contribution in [0.3, 0.4) is 0 Å². The minimum atomic E-state index is -0.208. The lowest BCUT2D eigenvalue weighted by molar-refractivity contribution is 0.0990. The second-order valence-electron chi connectivity index (χ2n) is 6.24. The Bertz CT molecular complexity index is 1020. The molecular weight excluding hydrogens is 326 g/mol. The van der Waals surface area contributed by atoms with Gasteiger partial charge in [-0.2, -0.15) is 0 Å². The molecule has 0 N–H and O–H groups in total. The number of allylic oxidation sites excluding steroid dienone is 1. The first-order valence-electron chi connectivity index (χ1n) is 8.32.